The molecule has 0 aliphatic carbocycles. The molecule has 8 nitrogen and oxygen atoms in total. The van der Waals surface area contributed by atoms with Gasteiger partial charge in [0, 0.05) is 5.41 Å². The summed E-state index contributed by atoms with van der Waals surface area (Å²) in [5.74, 6) is -2.97. The van der Waals surface area contributed by atoms with Gasteiger partial charge in [0.15, 0.2) is 5.82 Å². The molecule has 3 aromatic rings. The number of hydrogen-bond acceptors (Lipinski definition) is 4. The third kappa shape index (κ3) is 4.98. The molecular weight excluding hydrogens is 428 g/mol. The van der Waals surface area contributed by atoms with Gasteiger partial charge in [-0.3, -0.25) is 9.52 Å². The number of sulfonamides is 1. The predicted molar refractivity (Wildman–Crippen MR) is 113 cm³/mol. The molecule has 3 rings (SSSR count). The first-order valence-electron chi connectivity index (χ1n) is 9.63. The summed E-state index contributed by atoms with van der Waals surface area (Å²) in [5, 5.41) is 2.42. The number of benzene rings is 1. The van der Waals surface area contributed by atoms with E-state index >= 15 is 0 Å². The maximum atomic E-state index is 14.8. The minimum Gasteiger partial charge on any atom is -0.319 e. The van der Waals surface area contributed by atoms with E-state index in [2.05, 4.69) is 20.3 Å². The van der Waals surface area contributed by atoms with Gasteiger partial charge in [-0.2, -0.15) is 0 Å². The van der Waals surface area contributed by atoms with E-state index in [0.29, 0.717) is 17.6 Å². The lowest BCUT2D eigenvalue weighted by Crippen LogP contribution is -2.21. The van der Waals surface area contributed by atoms with Gasteiger partial charge in [0.05, 0.1) is 17.1 Å². The zero-order chi connectivity index (χ0) is 23.0. The van der Waals surface area contributed by atoms with E-state index in [9.17, 15) is 22.0 Å². The minimum atomic E-state index is -3.82. The minimum absolute atomic E-state index is 0.228. The fourth-order valence-corrected chi connectivity index (χ4v) is 4.02. The van der Waals surface area contributed by atoms with E-state index in [1.54, 1.807) is 13.0 Å². The average Bonchev–Trinajstić information content (AvgIpc) is 3.08. The zero-order valence-corrected chi connectivity index (χ0v) is 18.4. The first kappa shape index (κ1) is 22.6. The van der Waals surface area contributed by atoms with Crippen molar-refractivity contribution in [3.8, 4) is 0 Å². The molecule has 4 N–H and O–H groups in total. The summed E-state index contributed by atoms with van der Waals surface area (Å²) in [7, 11) is -3.82. The number of halogens is 2. The molecule has 11 heteroatoms. The fourth-order valence-electron chi connectivity index (χ4n) is 2.89. The molecule has 0 atom stereocenters. The van der Waals surface area contributed by atoms with Crippen LogP contribution in [-0.4, -0.2) is 30.0 Å². The standard InChI is InChI=1S/C20H23F2N5O3S/c1-5-8-31(29,30)27-13-7-6-12(21)15(16(13)22)18(28)24-11-9-14-17(23-10-11)26-19(25-14)20(2,3)4/h6-7,9-10,27H,5,8H2,1-4H3,(H,24,28)(H,23,25,26)/p+1. The average molecular weight is 453 g/mol. The van der Waals surface area contributed by atoms with Crippen molar-refractivity contribution in [2.45, 2.75) is 39.5 Å². The summed E-state index contributed by atoms with van der Waals surface area (Å²) in [6, 6.07) is 3.35. The smallest absolute Gasteiger partial charge is 0.319 e. The van der Waals surface area contributed by atoms with Crippen LogP contribution in [-0.2, 0) is 15.4 Å². The third-order valence-corrected chi connectivity index (χ3v) is 5.90. The summed E-state index contributed by atoms with van der Waals surface area (Å²) in [4.78, 5) is 23.1. The van der Waals surface area contributed by atoms with E-state index < -0.39 is 38.8 Å². The number of hydrogen-bond donors (Lipinski definition) is 3. The maximum Gasteiger partial charge on any atom is 0.346 e. The molecule has 1 amide bonds. The topological polar surface area (TPSA) is 118 Å². The highest BCUT2D eigenvalue weighted by Crippen LogP contribution is 2.25. The quantitative estimate of drug-likeness (QED) is 0.531. The molecule has 31 heavy (non-hydrogen) atoms. The molecule has 0 saturated heterocycles. The Labute approximate surface area is 178 Å². The van der Waals surface area contributed by atoms with Crippen LogP contribution in [0.4, 0.5) is 20.2 Å². The number of aromatic nitrogens is 3. The summed E-state index contributed by atoms with van der Waals surface area (Å²) in [5.41, 5.74) is -0.203. The Balaban J connectivity index is 1.90. The van der Waals surface area contributed by atoms with Crippen molar-refractivity contribution in [1.29, 1.82) is 0 Å². The van der Waals surface area contributed by atoms with E-state index in [1.165, 1.54) is 6.20 Å². The first-order valence-corrected chi connectivity index (χ1v) is 11.3. The molecule has 0 aliphatic heterocycles. The first-order chi connectivity index (χ1) is 14.4. The van der Waals surface area contributed by atoms with Crippen LogP contribution in [0.15, 0.2) is 24.4 Å². The highest BCUT2D eigenvalue weighted by atomic mass is 32.2. The van der Waals surface area contributed by atoms with Crippen LogP contribution >= 0.6 is 0 Å². The number of carbonyl (C=O) groups is 1. The highest BCUT2D eigenvalue weighted by Gasteiger charge is 2.26. The van der Waals surface area contributed by atoms with Crippen LogP contribution in [0.5, 0.6) is 0 Å². The molecule has 2 aromatic heterocycles. The van der Waals surface area contributed by atoms with Crippen molar-refractivity contribution >= 4 is 38.5 Å². The van der Waals surface area contributed by atoms with E-state index in [4.69, 9.17) is 0 Å². The lowest BCUT2D eigenvalue weighted by molar-refractivity contribution is -0.346. The molecule has 0 unspecified atom stereocenters. The van der Waals surface area contributed by atoms with Crippen molar-refractivity contribution in [3.05, 3.63) is 47.4 Å². The van der Waals surface area contributed by atoms with Crippen molar-refractivity contribution in [2.24, 2.45) is 0 Å². The number of rotatable bonds is 6. The van der Waals surface area contributed by atoms with E-state index in [-0.39, 0.29) is 16.9 Å². The lowest BCUT2D eigenvalue weighted by Gasteiger charge is -2.12. The Hall–Kier alpha value is -3.08. The summed E-state index contributed by atoms with van der Waals surface area (Å²) < 4.78 is 54.9. The molecule has 166 valence electrons. The lowest BCUT2D eigenvalue weighted by atomic mass is 9.96. The van der Waals surface area contributed by atoms with Crippen LogP contribution in [0, 0.1) is 11.6 Å². The molecule has 0 saturated carbocycles. The van der Waals surface area contributed by atoms with Gasteiger partial charge in [-0.25, -0.2) is 22.2 Å². The number of fused-ring (bicyclic) bond motifs is 1. The fraction of sp³-hybridized carbons (Fsp3) is 0.350. The molecule has 0 radical (unpaired) electrons. The molecular formula is C20H24F2N5O3S+. The van der Waals surface area contributed by atoms with E-state index in [0.717, 1.165) is 18.0 Å². The Morgan fingerprint density at radius 1 is 1.26 bits per heavy atom. The largest absolute Gasteiger partial charge is 0.346 e. The zero-order valence-electron chi connectivity index (χ0n) is 17.6. The van der Waals surface area contributed by atoms with Gasteiger partial charge < -0.3 is 10.3 Å². The normalized spacial score (nSPS) is 12.2. The Kier molecular flexibility index (Phi) is 5.99. The predicted octanol–water partition coefficient (Wildman–Crippen LogP) is 3.36. The molecule has 0 spiro atoms. The number of anilines is 2. The van der Waals surface area contributed by atoms with E-state index in [1.807, 2.05) is 25.5 Å². The highest BCUT2D eigenvalue weighted by molar-refractivity contribution is 7.92. The van der Waals surface area contributed by atoms with Crippen molar-refractivity contribution in [2.75, 3.05) is 15.8 Å². The number of pyridine rings is 1. The van der Waals surface area contributed by atoms with Crippen molar-refractivity contribution < 1.29 is 27.0 Å². The SMILES string of the molecule is CCCS(=O)(=O)Nc1ccc(F)c(C(=O)Nc2c[nH+]c3nc(C(C)(C)C)[nH]c3c2)c1F. The number of nitrogens with one attached hydrogen (secondary N) is 4. The number of H-pyrrole nitrogens is 2. The van der Waals surface area contributed by atoms with Crippen molar-refractivity contribution in [3.63, 3.8) is 0 Å². The summed E-state index contributed by atoms with van der Waals surface area (Å²) in [6.07, 6.45) is 1.76. The van der Waals surface area contributed by atoms with Crippen LogP contribution in [0.2, 0.25) is 0 Å². The van der Waals surface area contributed by atoms with Gasteiger partial charge in [-0.15, -0.1) is 0 Å². The number of imidazole rings is 1. The Morgan fingerprint density at radius 3 is 2.61 bits per heavy atom. The van der Waals surface area contributed by atoms with Crippen LogP contribution in [0.3, 0.4) is 0 Å². The Morgan fingerprint density at radius 2 is 1.97 bits per heavy atom. The third-order valence-electron chi connectivity index (χ3n) is 4.42. The number of aromatic amines is 2. The second kappa shape index (κ2) is 8.22. The molecule has 0 aliphatic rings. The van der Waals surface area contributed by atoms with Gasteiger partial charge in [-0.1, -0.05) is 27.7 Å². The second-order valence-corrected chi connectivity index (χ2v) is 9.99. The van der Waals surface area contributed by atoms with Gasteiger partial charge in [0.1, 0.15) is 23.1 Å². The van der Waals surface area contributed by atoms with Gasteiger partial charge >= 0.3 is 5.65 Å². The number of amides is 1. The van der Waals surface area contributed by atoms with Gasteiger partial charge in [0.25, 0.3) is 5.91 Å². The molecule has 1 aromatic carbocycles. The molecule has 2 heterocycles. The monoisotopic (exact) mass is 452 g/mol. The summed E-state index contributed by atoms with van der Waals surface area (Å²) >= 11 is 0. The number of carbonyl (C=O) groups excluding carboxylic acids is 1. The van der Waals surface area contributed by atoms with Gasteiger partial charge in [0.2, 0.25) is 15.8 Å². The molecule has 0 fully saturated rings. The van der Waals surface area contributed by atoms with Crippen LogP contribution in [0.25, 0.3) is 11.2 Å². The maximum absolute atomic E-state index is 14.8. The van der Waals surface area contributed by atoms with Gasteiger partial charge in [-0.05, 0) is 29.6 Å². The van der Waals surface area contributed by atoms with Crippen LogP contribution < -0.4 is 15.0 Å². The second-order valence-electron chi connectivity index (χ2n) is 8.15. The van der Waals surface area contributed by atoms with Crippen LogP contribution in [0.1, 0.15) is 50.3 Å². The molecule has 0 bridgehead atoms. The summed E-state index contributed by atoms with van der Waals surface area (Å²) in [6.45, 7) is 7.61. The Bertz CT molecular complexity index is 1250. The number of nitrogens with zero attached hydrogens (tertiary/aromatic N) is 1. The van der Waals surface area contributed by atoms with Crippen molar-refractivity contribution in [1.82, 2.24) is 9.97 Å².